The smallest absolute Gasteiger partial charge is 0.177 e. The number of hydrogen-bond donors (Lipinski definition) is 0. The van der Waals surface area contributed by atoms with Gasteiger partial charge in [-0.2, -0.15) is 0 Å². The molecule has 0 saturated carbocycles. The van der Waals surface area contributed by atoms with Crippen LogP contribution in [-0.4, -0.2) is 25.4 Å². The minimum Gasteiger partial charge on any atom is -0.493 e. The molecule has 0 spiro atoms. The summed E-state index contributed by atoms with van der Waals surface area (Å²) in [5.41, 5.74) is 0.538. The Labute approximate surface area is 100 Å². The second kappa shape index (κ2) is 6.38. The molecule has 0 bridgehead atoms. The number of carbonyl (C=O) groups is 1. The molecule has 0 fully saturated rings. The first-order valence-electron chi connectivity index (χ1n) is 5.13. The molecule has 3 nitrogen and oxygen atoms in total. The van der Waals surface area contributed by atoms with Crippen LogP contribution in [0.25, 0.3) is 0 Å². The molecule has 0 aliphatic rings. The molecule has 0 atom stereocenters. The summed E-state index contributed by atoms with van der Waals surface area (Å²) in [5, 5.41) is 0. The van der Waals surface area contributed by atoms with Crippen LogP contribution in [0.1, 0.15) is 23.7 Å². The Kier molecular flexibility index (Phi) is 5.12. The Balaban J connectivity index is 2.92. The Morgan fingerprint density at radius 2 is 2.12 bits per heavy atom. The molecule has 0 heterocycles. The molecule has 0 N–H and O–H groups in total. The Bertz CT molecular complexity index is 363. The highest BCUT2D eigenvalue weighted by Gasteiger charge is 2.09. The maximum Gasteiger partial charge on any atom is 0.177 e. The SMILES string of the molecule is CCCOc1ccc(C(=O)CCl)cc1OC. The van der Waals surface area contributed by atoms with Crippen LogP contribution >= 0.6 is 11.6 Å². The summed E-state index contributed by atoms with van der Waals surface area (Å²) in [7, 11) is 1.54. The highest BCUT2D eigenvalue weighted by Crippen LogP contribution is 2.28. The van der Waals surface area contributed by atoms with Gasteiger partial charge in [-0.05, 0) is 24.6 Å². The molecule has 0 saturated heterocycles. The van der Waals surface area contributed by atoms with E-state index in [1.54, 1.807) is 25.3 Å². The molecule has 1 rings (SSSR count). The summed E-state index contributed by atoms with van der Waals surface area (Å²) in [6.45, 7) is 2.65. The number of benzene rings is 1. The molecule has 4 heteroatoms. The topological polar surface area (TPSA) is 35.5 Å². The van der Waals surface area contributed by atoms with E-state index in [2.05, 4.69) is 0 Å². The van der Waals surface area contributed by atoms with Crippen LogP contribution in [0.4, 0.5) is 0 Å². The first-order valence-corrected chi connectivity index (χ1v) is 5.66. The molecule has 0 aliphatic heterocycles. The third-order valence-electron chi connectivity index (χ3n) is 2.07. The van der Waals surface area contributed by atoms with Gasteiger partial charge in [-0.1, -0.05) is 6.92 Å². The van der Waals surface area contributed by atoms with Gasteiger partial charge in [-0.25, -0.2) is 0 Å². The van der Waals surface area contributed by atoms with Gasteiger partial charge in [0.25, 0.3) is 0 Å². The maximum absolute atomic E-state index is 11.4. The first kappa shape index (κ1) is 12.8. The van der Waals surface area contributed by atoms with Gasteiger partial charge < -0.3 is 9.47 Å². The lowest BCUT2D eigenvalue weighted by Crippen LogP contribution is -2.03. The predicted octanol–water partition coefficient (Wildman–Crippen LogP) is 2.91. The summed E-state index contributed by atoms with van der Waals surface area (Å²) >= 11 is 5.48. The summed E-state index contributed by atoms with van der Waals surface area (Å²) in [5.74, 6) is 1.06. The first-order chi connectivity index (χ1) is 7.72. The van der Waals surface area contributed by atoms with Crippen molar-refractivity contribution in [3.8, 4) is 11.5 Å². The summed E-state index contributed by atoms with van der Waals surface area (Å²) in [4.78, 5) is 11.4. The largest absolute Gasteiger partial charge is 0.493 e. The Hall–Kier alpha value is -1.22. The lowest BCUT2D eigenvalue weighted by atomic mass is 10.1. The minimum absolute atomic E-state index is 0.0294. The van der Waals surface area contributed by atoms with Gasteiger partial charge in [0.1, 0.15) is 0 Å². The van der Waals surface area contributed by atoms with Gasteiger partial charge in [0.15, 0.2) is 17.3 Å². The molecule has 16 heavy (non-hydrogen) atoms. The number of Topliss-reactive ketones (excluding diaryl/α,β-unsaturated/α-hetero) is 1. The second-order valence-corrected chi connectivity index (χ2v) is 3.54. The van der Waals surface area contributed by atoms with Crippen LogP contribution in [0, 0.1) is 0 Å². The molecule has 0 amide bonds. The molecule has 1 aromatic rings. The zero-order valence-electron chi connectivity index (χ0n) is 9.46. The van der Waals surface area contributed by atoms with E-state index >= 15 is 0 Å². The van der Waals surface area contributed by atoms with Crippen LogP contribution in [0.2, 0.25) is 0 Å². The van der Waals surface area contributed by atoms with Crippen LogP contribution in [-0.2, 0) is 0 Å². The molecule has 0 aliphatic carbocycles. The highest BCUT2D eigenvalue weighted by atomic mass is 35.5. The number of rotatable bonds is 6. The average Bonchev–Trinajstić information content (AvgIpc) is 2.35. The van der Waals surface area contributed by atoms with Crippen molar-refractivity contribution in [3.63, 3.8) is 0 Å². The number of ketones is 1. The molecule has 88 valence electrons. The number of alkyl halides is 1. The van der Waals surface area contributed by atoms with Crippen molar-refractivity contribution in [2.24, 2.45) is 0 Å². The maximum atomic E-state index is 11.4. The van der Waals surface area contributed by atoms with E-state index in [1.165, 1.54) is 0 Å². The monoisotopic (exact) mass is 242 g/mol. The molecular formula is C12H15ClO3. The molecule has 0 radical (unpaired) electrons. The van der Waals surface area contributed by atoms with E-state index in [9.17, 15) is 4.79 Å². The van der Waals surface area contributed by atoms with E-state index in [0.29, 0.717) is 23.7 Å². The zero-order chi connectivity index (χ0) is 12.0. The van der Waals surface area contributed by atoms with E-state index < -0.39 is 0 Å². The summed E-state index contributed by atoms with van der Waals surface area (Å²) < 4.78 is 10.6. The molecule has 0 unspecified atom stereocenters. The van der Waals surface area contributed by atoms with Gasteiger partial charge in [0.05, 0.1) is 19.6 Å². The number of hydrogen-bond acceptors (Lipinski definition) is 3. The van der Waals surface area contributed by atoms with E-state index in [1.807, 2.05) is 6.92 Å². The zero-order valence-corrected chi connectivity index (χ0v) is 10.2. The quantitative estimate of drug-likeness (QED) is 0.568. The van der Waals surface area contributed by atoms with Gasteiger partial charge in [0.2, 0.25) is 0 Å². The Morgan fingerprint density at radius 1 is 1.38 bits per heavy atom. The van der Waals surface area contributed by atoms with E-state index in [-0.39, 0.29) is 11.7 Å². The fourth-order valence-electron chi connectivity index (χ4n) is 1.25. The van der Waals surface area contributed by atoms with Gasteiger partial charge in [-0.3, -0.25) is 4.79 Å². The second-order valence-electron chi connectivity index (χ2n) is 3.27. The number of ether oxygens (including phenoxy) is 2. The van der Waals surface area contributed by atoms with Crippen molar-refractivity contribution < 1.29 is 14.3 Å². The molecule has 1 aromatic carbocycles. The van der Waals surface area contributed by atoms with Crippen molar-refractivity contribution in [1.82, 2.24) is 0 Å². The fraction of sp³-hybridized carbons (Fsp3) is 0.417. The van der Waals surface area contributed by atoms with Crippen molar-refractivity contribution in [2.45, 2.75) is 13.3 Å². The van der Waals surface area contributed by atoms with Crippen LogP contribution < -0.4 is 9.47 Å². The number of halogens is 1. The van der Waals surface area contributed by atoms with Crippen LogP contribution in [0.3, 0.4) is 0 Å². The third kappa shape index (κ3) is 3.14. The van der Waals surface area contributed by atoms with Crippen molar-refractivity contribution in [2.75, 3.05) is 19.6 Å². The average molecular weight is 243 g/mol. The third-order valence-corrected chi connectivity index (χ3v) is 2.31. The standard InChI is InChI=1S/C12H15ClO3/c1-3-6-16-11-5-4-9(10(14)8-13)7-12(11)15-2/h4-5,7H,3,6,8H2,1-2H3. The molecule has 0 aromatic heterocycles. The van der Waals surface area contributed by atoms with Crippen LogP contribution in [0.5, 0.6) is 11.5 Å². The van der Waals surface area contributed by atoms with Crippen molar-refractivity contribution >= 4 is 17.4 Å². The predicted molar refractivity (Wildman–Crippen MR) is 63.8 cm³/mol. The molecular weight excluding hydrogens is 228 g/mol. The number of carbonyl (C=O) groups excluding carboxylic acids is 1. The van der Waals surface area contributed by atoms with E-state index in [4.69, 9.17) is 21.1 Å². The lowest BCUT2D eigenvalue weighted by molar-refractivity contribution is 0.102. The lowest BCUT2D eigenvalue weighted by Gasteiger charge is -2.10. The van der Waals surface area contributed by atoms with Crippen LogP contribution in [0.15, 0.2) is 18.2 Å². The summed E-state index contributed by atoms with van der Waals surface area (Å²) in [6.07, 6.45) is 0.922. The highest BCUT2D eigenvalue weighted by molar-refractivity contribution is 6.30. The van der Waals surface area contributed by atoms with Gasteiger partial charge >= 0.3 is 0 Å². The van der Waals surface area contributed by atoms with Crippen molar-refractivity contribution in [3.05, 3.63) is 23.8 Å². The normalized spacial score (nSPS) is 9.94. The van der Waals surface area contributed by atoms with Crippen molar-refractivity contribution in [1.29, 1.82) is 0 Å². The van der Waals surface area contributed by atoms with Gasteiger partial charge in [0, 0.05) is 5.56 Å². The minimum atomic E-state index is -0.123. The fourth-order valence-corrected chi connectivity index (χ4v) is 1.40. The Morgan fingerprint density at radius 3 is 2.69 bits per heavy atom. The van der Waals surface area contributed by atoms with Gasteiger partial charge in [-0.15, -0.1) is 11.6 Å². The van der Waals surface area contributed by atoms with E-state index in [0.717, 1.165) is 6.42 Å². The summed E-state index contributed by atoms with van der Waals surface area (Å²) in [6, 6.07) is 5.07. The number of methoxy groups -OCH3 is 1.